The summed E-state index contributed by atoms with van der Waals surface area (Å²) < 4.78 is 37.9. The third kappa shape index (κ3) is 3.64. The maximum atomic E-state index is 12.6. The van der Waals surface area contributed by atoms with Crippen LogP contribution in [0.3, 0.4) is 0 Å². The highest BCUT2D eigenvalue weighted by atomic mass is 19.4. The molecule has 0 bridgehead atoms. The number of rotatable bonds is 4. The van der Waals surface area contributed by atoms with Crippen molar-refractivity contribution < 1.29 is 27.6 Å². The standard InChI is InChI=1S/C15H17F3N2O3/c1-3-23-19-14(22)11-8-12(21)20(2)13(11)9-4-6-10(7-5-9)15(16,17)18/h4-7,11,13H,3,8H2,1-2H3,(H,19,22)/t11-,13-/m0/s1. The van der Waals surface area contributed by atoms with E-state index in [-0.39, 0.29) is 18.9 Å². The van der Waals surface area contributed by atoms with Gasteiger partial charge in [-0.1, -0.05) is 12.1 Å². The third-order valence-electron chi connectivity index (χ3n) is 3.82. The normalized spacial score (nSPS) is 21.6. The molecule has 1 fully saturated rings. The SMILES string of the molecule is CCONC(=O)[C@H]1CC(=O)N(C)[C@H]1c1ccc(C(F)(F)F)cc1. The molecule has 0 radical (unpaired) electrons. The lowest BCUT2D eigenvalue weighted by molar-refractivity contribution is -0.139. The zero-order valence-corrected chi connectivity index (χ0v) is 12.7. The topological polar surface area (TPSA) is 58.6 Å². The lowest BCUT2D eigenvalue weighted by Crippen LogP contribution is -2.34. The lowest BCUT2D eigenvalue weighted by atomic mass is 9.92. The molecule has 0 aliphatic carbocycles. The van der Waals surface area contributed by atoms with Crippen LogP contribution in [0.2, 0.25) is 0 Å². The summed E-state index contributed by atoms with van der Waals surface area (Å²) in [5.74, 6) is -1.42. The molecule has 0 saturated carbocycles. The first-order valence-corrected chi connectivity index (χ1v) is 7.10. The minimum Gasteiger partial charge on any atom is -0.338 e. The largest absolute Gasteiger partial charge is 0.416 e. The van der Waals surface area contributed by atoms with Crippen molar-refractivity contribution in [3.05, 3.63) is 35.4 Å². The van der Waals surface area contributed by atoms with Crippen LogP contribution < -0.4 is 5.48 Å². The second-order valence-corrected chi connectivity index (χ2v) is 5.28. The first-order chi connectivity index (χ1) is 10.8. The maximum Gasteiger partial charge on any atom is 0.416 e. The highest BCUT2D eigenvalue weighted by Crippen LogP contribution is 2.38. The average molecular weight is 330 g/mol. The van der Waals surface area contributed by atoms with Gasteiger partial charge in [-0.15, -0.1) is 0 Å². The van der Waals surface area contributed by atoms with E-state index in [9.17, 15) is 22.8 Å². The van der Waals surface area contributed by atoms with Gasteiger partial charge in [0.1, 0.15) is 0 Å². The highest BCUT2D eigenvalue weighted by Gasteiger charge is 2.43. The Morgan fingerprint density at radius 3 is 2.48 bits per heavy atom. The molecule has 2 atom stereocenters. The number of hydroxylamine groups is 1. The zero-order valence-electron chi connectivity index (χ0n) is 12.7. The number of hydrogen-bond donors (Lipinski definition) is 1. The molecule has 126 valence electrons. The second-order valence-electron chi connectivity index (χ2n) is 5.28. The summed E-state index contributed by atoms with van der Waals surface area (Å²) >= 11 is 0. The van der Waals surface area contributed by atoms with Gasteiger partial charge in [0.2, 0.25) is 11.8 Å². The van der Waals surface area contributed by atoms with Crippen molar-refractivity contribution in [2.45, 2.75) is 25.6 Å². The van der Waals surface area contributed by atoms with E-state index in [1.165, 1.54) is 24.1 Å². The average Bonchev–Trinajstić information content (AvgIpc) is 2.80. The number of hydrogen-bond acceptors (Lipinski definition) is 3. The van der Waals surface area contributed by atoms with E-state index in [0.29, 0.717) is 5.56 Å². The molecule has 5 nitrogen and oxygen atoms in total. The Morgan fingerprint density at radius 1 is 1.35 bits per heavy atom. The Bertz CT molecular complexity index is 587. The summed E-state index contributed by atoms with van der Waals surface area (Å²) in [6, 6.07) is 3.87. The summed E-state index contributed by atoms with van der Waals surface area (Å²) in [7, 11) is 1.53. The summed E-state index contributed by atoms with van der Waals surface area (Å²) in [5.41, 5.74) is 1.95. The van der Waals surface area contributed by atoms with Crippen molar-refractivity contribution in [3.63, 3.8) is 0 Å². The molecule has 2 rings (SSSR count). The number of benzene rings is 1. The van der Waals surface area contributed by atoms with Gasteiger partial charge in [0, 0.05) is 13.5 Å². The molecule has 1 saturated heterocycles. The zero-order chi connectivity index (χ0) is 17.2. The Labute approximate surface area is 131 Å². The van der Waals surface area contributed by atoms with E-state index in [1.807, 2.05) is 0 Å². The molecule has 1 aliphatic rings. The number of alkyl halides is 3. The van der Waals surface area contributed by atoms with E-state index < -0.39 is 29.6 Å². The minimum absolute atomic E-state index is 0.0128. The summed E-state index contributed by atoms with van der Waals surface area (Å²) in [6.45, 7) is 1.97. The van der Waals surface area contributed by atoms with Crippen LogP contribution in [0.25, 0.3) is 0 Å². The lowest BCUT2D eigenvalue weighted by Gasteiger charge is -2.25. The van der Waals surface area contributed by atoms with Crippen LogP contribution in [0.4, 0.5) is 13.2 Å². The molecule has 1 aliphatic heterocycles. The monoisotopic (exact) mass is 330 g/mol. The van der Waals surface area contributed by atoms with Gasteiger partial charge < -0.3 is 4.90 Å². The number of carbonyl (C=O) groups is 2. The van der Waals surface area contributed by atoms with Crippen LogP contribution >= 0.6 is 0 Å². The molecule has 1 aromatic rings. The third-order valence-corrected chi connectivity index (χ3v) is 3.82. The predicted octanol–water partition coefficient (Wildman–Crippen LogP) is 2.29. The number of nitrogens with one attached hydrogen (secondary N) is 1. The van der Waals surface area contributed by atoms with Gasteiger partial charge in [-0.3, -0.25) is 14.4 Å². The molecule has 1 aromatic carbocycles. The summed E-state index contributed by atoms with van der Waals surface area (Å²) in [4.78, 5) is 30.2. The van der Waals surface area contributed by atoms with Gasteiger partial charge in [0.15, 0.2) is 0 Å². The van der Waals surface area contributed by atoms with Crippen molar-refractivity contribution in [1.29, 1.82) is 0 Å². The number of nitrogens with zero attached hydrogens (tertiary/aromatic N) is 1. The first kappa shape index (κ1) is 17.3. The first-order valence-electron chi connectivity index (χ1n) is 7.10. The van der Waals surface area contributed by atoms with Gasteiger partial charge in [0.05, 0.1) is 24.1 Å². The van der Waals surface area contributed by atoms with Gasteiger partial charge in [0.25, 0.3) is 0 Å². The van der Waals surface area contributed by atoms with Crippen molar-refractivity contribution in [3.8, 4) is 0 Å². The number of halogens is 3. The van der Waals surface area contributed by atoms with E-state index in [0.717, 1.165) is 12.1 Å². The second kappa shape index (κ2) is 6.57. The fourth-order valence-corrected chi connectivity index (χ4v) is 2.65. The molecule has 23 heavy (non-hydrogen) atoms. The fourth-order valence-electron chi connectivity index (χ4n) is 2.65. The molecule has 1 N–H and O–H groups in total. The molecule has 0 spiro atoms. The van der Waals surface area contributed by atoms with Crippen molar-refractivity contribution >= 4 is 11.8 Å². The quantitative estimate of drug-likeness (QED) is 0.862. The van der Waals surface area contributed by atoms with Crippen molar-refractivity contribution in [2.24, 2.45) is 5.92 Å². The molecule has 0 unspecified atom stereocenters. The Morgan fingerprint density at radius 2 is 1.96 bits per heavy atom. The van der Waals surface area contributed by atoms with E-state index in [4.69, 9.17) is 4.84 Å². The fraction of sp³-hybridized carbons (Fsp3) is 0.467. The number of amides is 2. The van der Waals surface area contributed by atoms with E-state index in [1.54, 1.807) is 6.92 Å². The highest BCUT2D eigenvalue weighted by molar-refractivity contribution is 5.89. The van der Waals surface area contributed by atoms with Crippen molar-refractivity contribution in [2.75, 3.05) is 13.7 Å². The van der Waals surface area contributed by atoms with E-state index >= 15 is 0 Å². The van der Waals surface area contributed by atoms with Gasteiger partial charge in [-0.25, -0.2) is 5.48 Å². The van der Waals surface area contributed by atoms with Gasteiger partial charge in [-0.2, -0.15) is 13.2 Å². The van der Waals surface area contributed by atoms with Crippen LogP contribution in [0, 0.1) is 5.92 Å². The van der Waals surface area contributed by atoms with Crippen LogP contribution in [-0.4, -0.2) is 30.4 Å². The molecular weight excluding hydrogens is 313 g/mol. The Balaban J connectivity index is 2.26. The van der Waals surface area contributed by atoms with Crippen LogP contribution in [0.5, 0.6) is 0 Å². The van der Waals surface area contributed by atoms with Crippen LogP contribution in [-0.2, 0) is 20.6 Å². The van der Waals surface area contributed by atoms with Gasteiger partial charge in [-0.05, 0) is 24.6 Å². The maximum absolute atomic E-state index is 12.6. The summed E-state index contributed by atoms with van der Waals surface area (Å²) in [5, 5.41) is 0. The molecule has 1 heterocycles. The van der Waals surface area contributed by atoms with Crippen LogP contribution in [0.1, 0.15) is 30.5 Å². The molecular formula is C15H17F3N2O3. The summed E-state index contributed by atoms with van der Waals surface area (Å²) in [6.07, 6.45) is -4.44. The minimum atomic E-state index is -4.43. The molecule has 2 amide bonds. The Kier molecular flexibility index (Phi) is 4.93. The van der Waals surface area contributed by atoms with Crippen molar-refractivity contribution in [1.82, 2.24) is 10.4 Å². The predicted molar refractivity (Wildman–Crippen MR) is 74.8 cm³/mol. The number of likely N-dealkylation sites (tertiary alicyclic amines) is 1. The van der Waals surface area contributed by atoms with E-state index in [2.05, 4.69) is 5.48 Å². The Hall–Kier alpha value is -2.09. The smallest absolute Gasteiger partial charge is 0.338 e. The molecule has 0 aromatic heterocycles. The molecule has 8 heteroatoms. The van der Waals surface area contributed by atoms with Crippen LogP contribution in [0.15, 0.2) is 24.3 Å². The number of carbonyl (C=O) groups excluding carboxylic acids is 2. The van der Waals surface area contributed by atoms with Gasteiger partial charge >= 0.3 is 6.18 Å².